The van der Waals surface area contributed by atoms with Crippen molar-refractivity contribution in [2.75, 3.05) is 0 Å². The minimum atomic E-state index is -4.64. The molecule has 2 atom stereocenters. The van der Waals surface area contributed by atoms with E-state index >= 15 is 0 Å². The van der Waals surface area contributed by atoms with Crippen LogP contribution in [-0.2, 0) is 16.6 Å². The Bertz CT molecular complexity index is 495. The molecule has 0 aliphatic heterocycles. The van der Waals surface area contributed by atoms with Crippen molar-refractivity contribution in [1.82, 2.24) is 0 Å². The van der Waals surface area contributed by atoms with Crippen LogP contribution in [0.1, 0.15) is 44.2 Å². The molecule has 0 aliphatic rings. The smallest absolute Gasteiger partial charge is 0.416 e. The van der Waals surface area contributed by atoms with Crippen LogP contribution in [0.2, 0.25) is 0 Å². The highest BCUT2D eigenvalue weighted by atomic mass is 19.4. The van der Waals surface area contributed by atoms with Crippen molar-refractivity contribution in [3.8, 4) is 0 Å². The van der Waals surface area contributed by atoms with Crippen molar-refractivity contribution in [3.63, 3.8) is 0 Å². The van der Waals surface area contributed by atoms with Gasteiger partial charge in [0.1, 0.15) is 5.60 Å². The van der Waals surface area contributed by atoms with E-state index in [1.807, 2.05) is 6.92 Å². The van der Waals surface area contributed by atoms with E-state index in [1.165, 1.54) is 12.1 Å². The first-order chi connectivity index (χ1) is 9.62. The molecule has 6 heteroatoms. The van der Waals surface area contributed by atoms with Gasteiger partial charge in [0.25, 0.3) is 0 Å². The largest absolute Gasteiger partial charge is 0.481 e. The quantitative estimate of drug-likeness (QED) is 0.840. The van der Waals surface area contributed by atoms with Gasteiger partial charge >= 0.3 is 12.1 Å². The molecule has 1 rings (SSSR count). The Morgan fingerprint density at radius 3 is 2.19 bits per heavy atom. The minimum absolute atomic E-state index is 0.116. The van der Waals surface area contributed by atoms with Gasteiger partial charge in [0, 0.05) is 0 Å². The van der Waals surface area contributed by atoms with E-state index in [4.69, 9.17) is 0 Å². The fourth-order valence-corrected chi connectivity index (χ4v) is 2.41. The molecule has 0 aliphatic carbocycles. The second kappa shape index (κ2) is 6.47. The Morgan fingerprint density at radius 1 is 1.24 bits per heavy atom. The fourth-order valence-electron chi connectivity index (χ4n) is 2.41. The van der Waals surface area contributed by atoms with Gasteiger partial charge in [-0.2, -0.15) is 13.2 Å². The first kappa shape index (κ1) is 17.5. The van der Waals surface area contributed by atoms with Crippen LogP contribution < -0.4 is 0 Å². The number of rotatable bonds is 6. The Kier molecular flexibility index (Phi) is 5.39. The molecule has 0 bridgehead atoms. The molecule has 0 fully saturated rings. The highest BCUT2D eigenvalue weighted by molar-refractivity contribution is 5.72. The first-order valence-corrected chi connectivity index (χ1v) is 6.74. The van der Waals surface area contributed by atoms with Crippen molar-refractivity contribution >= 4 is 5.97 Å². The van der Waals surface area contributed by atoms with Gasteiger partial charge in [-0.25, -0.2) is 0 Å². The molecular formula is C15H19F3O3. The summed E-state index contributed by atoms with van der Waals surface area (Å²) in [6, 6.07) is 4.55. The lowest BCUT2D eigenvalue weighted by Crippen LogP contribution is -2.39. The second-order valence-corrected chi connectivity index (χ2v) is 5.22. The zero-order valence-electron chi connectivity index (χ0n) is 11.9. The zero-order valence-corrected chi connectivity index (χ0v) is 11.9. The fraction of sp³-hybridized carbons (Fsp3) is 0.533. The number of benzene rings is 1. The van der Waals surface area contributed by atoms with Crippen LogP contribution in [0.5, 0.6) is 0 Å². The summed E-state index contributed by atoms with van der Waals surface area (Å²) in [5.41, 5.74) is -3.49. The maximum atomic E-state index is 13.0. The van der Waals surface area contributed by atoms with E-state index in [9.17, 15) is 28.2 Å². The first-order valence-electron chi connectivity index (χ1n) is 6.74. The molecule has 1 aromatic carbocycles. The SMILES string of the molecule is CCCCC(C(=O)O)C(C)(O)c1ccccc1C(F)(F)F. The van der Waals surface area contributed by atoms with Crippen LogP contribution in [0.3, 0.4) is 0 Å². The minimum Gasteiger partial charge on any atom is -0.481 e. The van der Waals surface area contributed by atoms with Crippen LogP contribution in [0.15, 0.2) is 24.3 Å². The third-order valence-electron chi connectivity index (χ3n) is 3.60. The van der Waals surface area contributed by atoms with E-state index in [0.717, 1.165) is 19.1 Å². The monoisotopic (exact) mass is 304 g/mol. The highest BCUT2D eigenvalue weighted by Gasteiger charge is 2.44. The van der Waals surface area contributed by atoms with E-state index in [1.54, 1.807) is 0 Å². The number of aliphatic hydroxyl groups is 1. The topological polar surface area (TPSA) is 57.5 Å². The molecule has 2 N–H and O–H groups in total. The number of hydrogen-bond acceptors (Lipinski definition) is 2. The maximum absolute atomic E-state index is 13.0. The van der Waals surface area contributed by atoms with E-state index < -0.39 is 34.8 Å². The predicted octanol–water partition coefficient (Wildman–Crippen LogP) is 3.80. The average Bonchev–Trinajstić information content (AvgIpc) is 2.37. The van der Waals surface area contributed by atoms with E-state index in [0.29, 0.717) is 12.8 Å². The summed E-state index contributed by atoms with van der Waals surface area (Å²) in [4.78, 5) is 11.3. The highest BCUT2D eigenvalue weighted by Crippen LogP contribution is 2.41. The number of unbranched alkanes of at least 4 members (excludes halogenated alkanes) is 1. The van der Waals surface area contributed by atoms with E-state index in [2.05, 4.69) is 0 Å². The summed E-state index contributed by atoms with van der Waals surface area (Å²) in [5.74, 6) is -2.59. The van der Waals surface area contributed by atoms with Gasteiger partial charge in [-0.3, -0.25) is 4.79 Å². The number of carboxylic acid groups (broad SMARTS) is 1. The molecule has 2 unspecified atom stereocenters. The number of carboxylic acids is 1. The van der Waals surface area contributed by atoms with Gasteiger partial charge < -0.3 is 10.2 Å². The van der Waals surface area contributed by atoms with Crippen LogP contribution in [0.4, 0.5) is 13.2 Å². The van der Waals surface area contributed by atoms with Crippen LogP contribution in [-0.4, -0.2) is 16.2 Å². The summed E-state index contributed by atoms with van der Waals surface area (Å²) in [5, 5.41) is 19.8. The molecule has 0 aromatic heterocycles. The summed E-state index contributed by atoms with van der Waals surface area (Å²) in [6.45, 7) is 2.98. The number of halogens is 3. The van der Waals surface area contributed by atoms with Gasteiger partial charge in [0.15, 0.2) is 0 Å². The molecule has 3 nitrogen and oxygen atoms in total. The molecular weight excluding hydrogens is 285 g/mol. The summed E-state index contributed by atoms with van der Waals surface area (Å²) in [7, 11) is 0. The molecule has 1 aromatic rings. The van der Waals surface area contributed by atoms with Gasteiger partial charge in [-0.1, -0.05) is 38.0 Å². The molecule has 21 heavy (non-hydrogen) atoms. The van der Waals surface area contributed by atoms with Gasteiger partial charge in [-0.05, 0) is 25.0 Å². The molecule has 0 spiro atoms. The van der Waals surface area contributed by atoms with Crippen molar-refractivity contribution in [3.05, 3.63) is 35.4 Å². The second-order valence-electron chi connectivity index (χ2n) is 5.22. The zero-order chi connectivity index (χ0) is 16.3. The summed E-state index contributed by atoms with van der Waals surface area (Å²) >= 11 is 0. The van der Waals surface area contributed by atoms with Crippen molar-refractivity contribution in [2.24, 2.45) is 5.92 Å². The standard InChI is InChI=1S/C15H19F3O3/c1-3-4-7-12(13(19)20)14(2,21)10-8-5-6-9-11(10)15(16,17)18/h5-6,8-9,12,21H,3-4,7H2,1-2H3,(H,19,20). The van der Waals surface area contributed by atoms with Crippen LogP contribution in [0, 0.1) is 5.92 Å². The molecule has 0 heterocycles. The lowest BCUT2D eigenvalue weighted by atomic mass is 9.78. The molecule has 118 valence electrons. The lowest BCUT2D eigenvalue weighted by molar-refractivity contribution is -0.156. The van der Waals surface area contributed by atoms with Crippen molar-refractivity contribution < 1.29 is 28.2 Å². The molecule has 0 radical (unpaired) electrons. The lowest BCUT2D eigenvalue weighted by Gasteiger charge is -2.32. The third-order valence-corrected chi connectivity index (χ3v) is 3.60. The van der Waals surface area contributed by atoms with Gasteiger partial charge in [0.2, 0.25) is 0 Å². The predicted molar refractivity (Wildman–Crippen MR) is 71.7 cm³/mol. The Labute approximate surface area is 121 Å². The normalized spacial score (nSPS) is 16.3. The Morgan fingerprint density at radius 2 is 1.76 bits per heavy atom. The van der Waals surface area contributed by atoms with Crippen molar-refractivity contribution in [2.45, 2.75) is 44.9 Å². The molecule has 0 saturated carbocycles. The summed E-state index contributed by atoms with van der Waals surface area (Å²) < 4.78 is 39.1. The Balaban J connectivity index is 3.31. The average molecular weight is 304 g/mol. The van der Waals surface area contributed by atoms with Crippen LogP contribution >= 0.6 is 0 Å². The third kappa shape index (κ3) is 3.97. The number of hydrogen-bond donors (Lipinski definition) is 2. The number of aliphatic carboxylic acids is 1. The van der Waals surface area contributed by atoms with Gasteiger partial charge in [0.05, 0.1) is 11.5 Å². The van der Waals surface area contributed by atoms with Crippen LogP contribution in [0.25, 0.3) is 0 Å². The Hall–Kier alpha value is -1.56. The van der Waals surface area contributed by atoms with E-state index in [-0.39, 0.29) is 6.42 Å². The van der Waals surface area contributed by atoms with Crippen molar-refractivity contribution in [1.29, 1.82) is 0 Å². The summed E-state index contributed by atoms with van der Waals surface area (Å²) in [6.07, 6.45) is -3.32. The number of alkyl halides is 3. The molecule has 0 saturated heterocycles. The number of carbonyl (C=O) groups is 1. The maximum Gasteiger partial charge on any atom is 0.416 e. The van der Waals surface area contributed by atoms with Gasteiger partial charge in [-0.15, -0.1) is 0 Å². The molecule has 0 amide bonds.